The first-order valence-electron chi connectivity index (χ1n) is 5.81. The van der Waals surface area contributed by atoms with Crippen molar-refractivity contribution in [1.82, 2.24) is 0 Å². The van der Waals surface area contributed by atoms with Gasteiger partial charge in [-0.3, -0.25) is 9.59 Å². The highest BCUT2D eigenvalue weighted by Gasteiger charge is 2.32. The fraction of sp³-hybridized carbons (Fsp3) is 0.692. The lowest BCUT2D eigenvalue weighted by Gasteiger charge is -2.22. The molecule has 96 valence electrons. The minimum Gasteiger partial charge on any atom is -0.300 e. The number of carbonyl (C=O) groups is 4. The normalized spacial score (nSPS) is 13.9. The maximum absolute atomic E-state index is 11.8. The van der Waals surface area contributed by atoms with E-state index in [1.807, 2.05) is 0 Å². The molecule has 0 spiro atoms. The molecule has 0 bridgehead atoms. The molecule has 2 unspecified atom stereocenters. The van der Waals surface area contributed by atoms with E-state index in [4.69, 9.17) is 0 Å². The second-order valence-electron chi connectivity index (χ2n) is 4.46. The minimum atomic E-state index is -0.649. The summed E-state index contributed by atoms with van der Waals surface area (Å²) >= 11 is 0. The van der Waals surface area contributed by atoms with Crippen LogP contribution in [-0.4, -0.2) is 23.1 Å². The number of Topliss-reactive ketones (excluding diaryl/α,β-unsaturated/α-hetero) is 4. The van der Waals surface area contributed by atoms with E-state index in [1.165, 1.54) is 20.8 Å². The van der Waals surface area contributed by atoms with Crippen molar-refractivity contribution in [2.24, 2.45) is 11.8 Å². The van der Waals surface area contributed by atoms with Gasteiger partial charge in [0.2, 0.25) is 0 Å². The summed E-state index contributed by atoms with van der Waals surface area (Å²) in [5, 5.41) is 0. The summed E-state index contributed by atoms with van der Waals surface area (Å²) in [7, 11) is 0. The van der Waals surface area contributed by atoms with E-state index in [0.717, 1.165) is 0 Å². The van der Waals surface area contributed by atoms with Crippen molar-refractivity contribution in [2.75, 3.05) is 0 Å². The van der Waals surface area contributed by atoms with Crippen molar-refractivity contribution in [3.05, 3.63) is 0 Å². The largest absolute Gasteiger partial charge is 0.300 e. The van der Waals surface area contributed by atoms with Crippen LogP contribution < -0.4 is 0 Å². The molecule has 0 aromatic rings. The molecule has 0 aromatic heterocycles. The molecule has 17 heavy (non-hydrogen) atoms. The van der Waals surface area contributed by atoms with Crippen LogP contribution in [0.2, 0.25) is 0 Å². The van der Waals surface area contributed by atoms with Gasteiger partial charge < -0.3 is 9.59 Å². The van der Waals surface area contributed by atoms with E-state index < -0.39 is 11.8 Å². The zero-order valence-electron chi connectivity index (χ0n) is 10.9. The van der Waals surface area contributed by atoms with Crippen LogP contribution in [0, 0.1) is 11.8 Å². The monoisotopic (exact) mass is 240 g/mol. The SMILES string of the molecule is CCC(=O)C(CC(C)=O)C(CC(C)=O)C(C)=O. The van der Waals surface area contributed by atoms with Crippen molar-refractivity contribution in [1.29, 1.82) is 0 Å². The number of ketones is 4. The summed E-state index contributed by atoms with van der Waals surface area (Å²) in [6.07, 6.45) is 0.364. The summed E-state index contributed by atoms with van der Waals surface area (Å²) in [5.74, 6) is -1.88. The van der Waals surface area contributed by atoms with Crippen molar-refractivity contribution < 1.29 is 19.2 Å². The average Bonchev–Trinajstić information content (AvgIpc) is 2.21. The molecular weight excluding hydrogens is 220 g/mol. The third-order valence-corrected chi connectivity index (χ3v) is 2.78. The maximum Gasteiger partial charge on any atom is 0.136 e. The van der Waals surface area contributed by atoms with Crippen molar-refractivity contribution in [3.8, 4) is 0 Å². The molecule has 0 fully saturated rings. The quantitative estimate of drug-likeness (QED) is 0.648. The molecular formula is C13H20O4. The van der Waals surface area contributed by atoms with Crippen LogP contribution in [0.25, 0.3) is 0 Å². The molecule has 0 saturated carbocycles. The third-order valence-electron chi connectivity index (χ3n) is 2.78. The summed E-state index contributed by atoms with van der Waals surface area (Å²) in [4.78, 5) is 45.5. The van der Waals surface area contributed by atoms with Gasteiger partial charge in [-0.1, -0.05) is 6.92 Å². The Morgan fingerprint density at radius 1 is 0.824 bits per heavy atom. The van der Waals surface area contributed by atoms with Gasteiger partial charge in [-0.05, 0) is 20.8 Å². The van der Waals surface area contributed by atoms with Crippen LogP contribution in [0.15, 0.2) is 0 Å². The molecule has 0 rings (SSSR count). The van der Waals surface area contributed by atoms with E-state index in [9.17, 15) is 19.2 Å². The molecule has 0 saturated heterocycles. The minimum absolute atomic E-state index is 0.0407. The maximum atomic E-state index is 11.8. The zero-order valence-corrected chi connectivity index (χ0v) is 10.9. The van der Waals surface area contributed by atoms with E-state index in [1.54, 1.807) is 6.92 Å². The Morgan fingerprint density at radius 2 is 1.24 bits per heavy atom. The van der Waals surface area contributed by atoms with Crippen molar-refractivity contribution in [2.45, 2.75) is 47.0 Å². The zero-order chi connectivity index (χ0) is 13.6. The Kier molecular flexibility index (Phi) is 6.54. The molecule has 0 aliphatic carbocycles. The van der Waals surface area contributed by atoms with Crippen molar-refractivity contribution in [3.63, 3.8) is 0 Å². The molecule has 0 aromatic carbocycles. The number of rotatable bonds is 8. The molecule has 4 nitrogen and oxygen atoms in total. The standard InChI is InChI=1S/C13H20O4/c1-5-13(17)12(7-9(3)15)11(10(4)16)6-8(2)14/h11-12H,5-7H2,1-4H3. The van der Waals surface area contributed by atoms with Gasteiger partial charge >= 0.3 is 0 Å². The average molecular weight is 240 g/mol. The molecule has 4 heteroatoms. The Morgan fingerprint density at radius 3 is 1.53 bits per heavy atom. The topological polar surface area (TPSA) is 68.3 Å². The first-order valence-corrected chi connectivity index (χ1v) is 5.81. The van der Waals surface area contributed by atoms with Gasteiger partial charge in [0.25, 0.3) is 0 Å². The summed E-state index contributed by atoms with van der Waals surface area (Å²) in [6, 6.07) is 0. The first kappa shape index (κ1) is 15.7. The Bertz CT molecular complexity index is 330. The van der Waals surface area contributed by atoms with E-state index >= 15 is 0 Å². The summed E-state index contributed by atoms with van der Waals surface area (Å²) in [6.45, 7) is 5.84. The summed E-state index contributed by atoms with van der Waals surface area (Å²) < 4.78 is 0. The lowest BCUT2D eigenvalue weighted by Crippen LogP contribution is -2.31. The van der Waals surface area contributed by atoms with Gasteiger partial charge in [0.15, 0.2) is 0 Å². The molecule has 2 atom stereocenters. The lowest BCUT2D eigenvalue weighted by atomic mass is 9.79. The fourth-order valence-corrected chi connectivity index (χ4v) is 1.93. The summed E-state index contributed by atoms with van der Waals surface area (Å²) in [5.41, 5.74) is 0. The third kappa shape index (κ3) is 5.52. The predicted octanol–water partition coefficient (Wildman–Crippen LogP) is 1.75. The molecule has 0 aliphatic heterocycles. The molecule has 0 aliphatic rings. The van der Waals surface area contributed by atoms with Crippen LogP contribution in [0.4, 0.5) is 0 Å². The molecule has 0 amide bonds. The molecule has 0 heterocycles. The van der Waals surface area contributed by atoms with Crippen LogP contribution in [-0.2, 0) is 19.2 Å². The highest BCUT2D eigenvalue weighted by Crippen LogP contribution is 2.24. The van der Waals surface area contributed by atoms with E-state index in [2.05, 4.69) is 0 Å². The van der Waals surface area contributed by atoms with Gasteiger partial charge in [-0.15, -0.1) is 0 Å². The molecule has 0 radical (unpaired) electrons. The second-order valence-corrected chi connectivity index (χ2v) is 4.46. The van der Waals surface area contributed by atoms with Crippen molar-refractivity contribution >= 4 is 23.1 Å². The second kappa shape index (κ2) is 7.09. The Balaban J connectivity index is 5.05. The Labute approximate surface area is 102 Å². The molecule has 0 N–H and O–H groups in total. The fourth-order valence-electron chi connectivity index (χ4n) is 1.93. The van der Waals surface area contributed by atoms with Gasteiger partial charge in [-0.2, -0.15) is 0 Å². The van der Waals surface area contributed by atoms with E-state index in [-0.39, 0.29) is 42.4 Å². The number of hydrogen-bond acceptors (Lipinski definition) is 4. The van der Waals surface area contributed by atoms with Gasteiger partial charge in [0.1, 0.15) is 23.1 Å². The van der Waals surface area contributed by atoms with Gasteiger partial charge in [0, 0.05) is 31.1 Å². The van der Waals surface area contributed by atoms with Crippen LogP contribution in [0.5, 0.6) is 0 Å². The first-order chi connectivity index (χ1) is 7.79. The van der Waals surface area contributed by atoms with Crippen LogP contribution in [0.1, 0.15) is 47.0 Å². The number of carbonyl (C=O) groups excluding carboxylic acids is 4. The van der Waals surface area contributed by atoms with Gasteiger partial charge in [-0.25, -0.2) is 0 Å². The van der Waals surface area contributed by atoms with Gasteiger partial charge in [0.05, 0.1) is 0 Å². The van der Waals surface area contributed by atoms with Crippen LogP contribution >= 0.6 is 0 Å². The van der Waals surface area contributed by atoms with E-state index in [0.29, 0.717) is 0 Å². The number of hydrogen-bond donors (Lipinski definition) is 0. The predicted molar refractivity (Wildman–Crippen MR) is 63.6 cm³/mol. The Hall–Kier alpha value is -1.32. The lowest BCUT2D eigenvalue weighted by molar-refractivity contribution is -0.135. The smallest absolute Gasteiger partial charge is 0.136 e. The highest BCUT2D eigenvalue weighted by atomic mass is 16.1. The van der Waals surface area contributed by atoms with Crippen LogP contribution in [0.3, 0.4) is 0 Å². The highest BCUT2D eigenvalue weighted by molar-refractivity contribution is 5.94.